The van der Waals surface area contributed by atoms with Crippen LogP contribution in [0.5, 0.6) is 0 Å². The third-order valence-corrected chi connectivity index (χ3v) is 3.18. The van der Waals surface area contributed by atoms with Crippen LogP contribution in [0.2, 0.25) is 10.0 Å². The first-order valence-electron chi connectivity index (χ1n) is 6.64. The van der Waals surface area contributed by atoms with Crippen molar-refractivity contribution >= 4 is 34.9 Å². The van der Waals surface area contributed by atoms with E-state index in [4.69, 9.17) is 27.9 Å². The lowest BCUT2D eigenvalue weighted by Gasteiger charge is -2.14. The second-order valence-electron chi connectivity index (χ2n) is 5.05. The SMILES string of the molecule is CC(C)COCC(O)CNC(=O)Nc1ccc(Cl)c(Cl)c1. The number of hydrogen-bond acceptors (Lipinski definition) is 3. The molecule has 1 unspecified atom stereocenters. The number of aliphatic hydroxyl groups is 1. The number of amides is 2. The molecule has 5 nitrogen and oxygen atoms in total. The van der Waals surface area contributed by atoms with Gasteiger partial charge in [-0.2, -0.15) is 0 Å². The summed E-state index contributed by atoms with van der Waals surface area (Å²) in [4.78, 5) is 11.6. The molecule has 1 aromatic carbocycles. The number of benzene rings is 1. The highest BCUT2D eigenvalue weighted by Crippen LogP contribution is 2.24. The summed E-state index contributed by atoms with van der Waals surface area (Å²) in [6, 6.07) is 4.34. The van der Waals surface area contributed by atoms with Gasteiger partial charge in [-0.1, -0.05) is 37.0 Å². The van der Waals surface area contributed by atoms with E-state index in [9.17, 15) is 9.90 Å². The normalized spacial score (nSPS) is 12.3. The van der Waals surface area contributed by atoms with Gasteiger partial charge in [0.25, 0.3) is 0 Å². The number of carbonyl (C=O) groups is 1. The molecule has 1 atom stereocenters. The molecule has 0 aromatic heterocycles. The summed E-state index contributed by atoms with van der Waals surface area (Å²) in [6.07, 6.45) is -0.747. The molecule has 0 saturated heterocycles. The zero-order valence-electron chi connectivity index (χ0n) is 12.0. The molecule has 7 heteroatoms. The van der Waals surface area contributed by atoms with E-state index >= 15 is 0 Å². The second kappa shape index (κ2) is 9.10. The Bertz CT molecular complexity index is 470. The Labute approximate surface area is 134 Å². The maximum Gasteiger partial charge on any atom is 0.319 e. The van der Waals surface area contributed by atoms with Gasteiger partial charge >= 0.3 is 6.03 Å². The van der Waals surface area contributed by atoms with Crippen molar-refractivity contribution in [1.29, 1.82) is 0 Å². The lowest BCUT2D eigenvalue weighted by molar-refractivity contribution is 0.0274. The highest BCUT2D eigenvalue weighted by atomic mass is 35.5. The lowest BCUT2D eigenvalue weighted by Crippen LogP contribution is -2.37. The fourth-order valence-corrected chi connectivity index (χ4v) is 1.76. The molecule has 118 valence electrons. The van der Waals surface area contributed by atoms with Crippen molar-refractivity contribution in [1.82, 2.24) is 5.32 Å². The standard InChI is InChI=1S/C14H20Cl2N2O3/c1-9(2)7-21-8-11(19)6-17-14(20)18-10-3-4-12(15)13(16)5-10/h3-5,9,11,19H,6-8H2,1-2H3,(H2,17,18,20). The van der Waals surface area contributed by atoms with Crippen molar-refractivity contribution < 1.29 is 14.6 Å². The number of carbonyl (C=O) groups excluding carboxylic acids is 1. The minimum Gasteiger partial charge on any atom is -0.389 e. The minimum absolute atomic E-state index is 0.102. The van der Waals surface area contributed by atoms with Gasteiger partial charge in [-0.15, -0.1) is 0 Å². The van der Waals surface area contributed by atoms with E-state index in [-0.39, 0.29) is 13.2 Å². The number of nitrogens with one attached hydrogen (secondary N) is 2. The Morgan fingerprint density at radius 3 is 2.62 bits per heavy atom. The number of ether oxygens (including phenoxy) is 1. The molecule has 0 aliphatic heterocycles. The van der Waals surface area contributed by atoms with E-state index < -0.39 is 12.1 Å². The molecule has 0 aliphatic carbocycles. The monoisotopic (exact) mass is 334 g/mol. The highest BCUT2D eigenvalue weighted by molar-refractivity contribution is 6.42. The molecule has 0 bridgehead atoms. The van der Waals surface area contributed by atoms with Gasteiger partial charge in [0.1, 0.15) is 0 Å². The molecule has 0 radical (unpaired) electrons. The number of halogens is 2. The summed E-state index contributed by atoms with van der Waals surface area (Å²) >= 11 is 11.6. The van der Waals surface area contributed by atoms with Gasteiger partial charge in [-0.25, -0.2) is 4.79 Å². The van der Waals surface area contributed by atoms with Gasteiger partial charge < -0.3 is 20.5 Å². The predicted octanol–water partition coefficient (Wildman–Crippen LogP) is 3.15. The largest absolute Gasteiger partial charge is 0.389 e. The maximum absolute atomic E-state index is 11.6. The Kier molecular flexibility index (Phi) is 7.82. The van der Waals surface area contributed by atoms with Crippen molar-refractivity contribution in [2.45, 2.75) is 20.0 Å². The molecular weight excluding hydrogens is 315 g/mol. The smallest absolute Gasteiger partial charge is 0.319 e. The van der Waals surface area contributed by atoms with Crippen LogP contribution in [0.15, 0.2) is 18.2 Å². The molecule has 0 aliphatic rings. The van der Waals surface area contributed by atoms with E-state index in [1.165, 1.54) is 0 Å². The Morgan fingerprint density at radius 1 is 1.29 bits per heavy atom. The van der Waals surface area contributed by atoms with Crippen molar-refractivity contribution in [3.05, 3.63) is 28.2 Å². The van der Waals surface area contributed by atoms with E-state index in [0.717, 1.165) is 0 Å². The molecular formula is C14H20Cl2N2O3. The Morgan fingerprint density at radius 2 is 2.00 bits per heavy atom. The van der Waals surface area contributed by atoms with Crippen LogP contribution in [-0.2, 0) is 4.74 Å². The third-order valence-electron chi connectivity index (χ3n) is 2.44. The molecule has 3 N–H and O–H groups in total. The summed E-state index contributed by atoms with van der Waals surface area (Å²) in [5.74, 6) is 0.406. The van der Waals surface area contributed by atoms with Crippen LogP contribution in [-0.4, -0.2) is 37.0 Å². The number of anilines is 1. The van der Waals surface area contributed by atoms with Crippen LogP contribution < -0.4 is 10.6 Å². The number of urea groups is 1. The second-order valence-corrected chi connectivity index (χ2v) is 5.86. The lowest BCUT2D eigenvalue weighted by atomic mass is 10.2. The molecule has 2 amide bonds. The van der Waals surface area contributed by atoms with E-state index in [1.54, 1.807) is 18.2 Å². The van der Waals surface area contributed by atoms with Crippen molar-refractivity contribution in [3.63, 3.8) is 0 Å². The van der Waals surface area contributed by atoms with Gasteiger partial charge in [0, 0.05) is 18.8 Å². The van der Waals surface area contributed by atoms with Crippen LogP contribution in [0, 0.1) is 5.92 Å². The zero-order valence-corrected chi connectivity index (χ0v) is 13.5. The van der Waals surface area contributed by atoms with Crippen molar-refractivity contribution in [3.8, 4) is 0 Å². The van der Waals surface area contributed by atoms with E-state index in [0.29, 0.717) is 28.3 Å². The average molecular weight is 335 g/mol. The molecule has 1 rings (SSSR count). The molecule has 0 heterocycles. The topological polar surface area (TPSA) is 70.6 Å². The number of hydrogen-bond donors (Lipinski definition) is 3. The maximum atomic E-state index is 11.6. The zero-order chi connectivity index (χ0) is 15.8. The van der Waals surface area contributed by atoms with Crippen LogP contribution >= 0.6 is 23.2 Å². The number of aliphatic hydroxyl groups excluding tert-OH is 1. The summed E-state index contributed by atoms with van der Waals surface area (Å²) in [5.41, 5.74) is 0.521. The first-order chi connectivity index (χ1) is 9.88. The first kappa shape index (κ1) is 18.0. The fourth-order valence-electron chi connectivity index (χ4n) is 1.46. The van der Waals surface area contributed by atoms with Crippen molar-refractivity contribution in [2.24, 2.45) is 5.92 Å². The first-order valence-corrected chi connectivity index (χ1v) is 7.39. The fraction of sp³-hybridized carbons (Fsp3) is 0.500. The average Bonchev–Trinajstić information content (AvgIpc) is 2.40. The molecule has 0 fully saturated rings. The molecule has 21 heavy (non-hydrogen) atoms. The van der Waals surface area contributed by atoms with E-state index in [2.05, 4.69) is 10.6 Å². The van der Waals surface area contributed by atoms with Gasteiger partial charge in [-0.05, 0) is 24.1 Å². The summed E-state index contributed by atoms with van der Waals surface area (Å²) in [6.45, 7) is 4.91. The molecule has 1 aromatic rings. The Hall–Kier alpha value is -1.01. The Balaban J connectivity index is 2.28. The number of rotatable bonds is 7. The molecule has 0 saturated carbocycles. The summed E-state index contributed by atoms with van der Waals surface area (Å²) in [5, 5.41) is 15.6. The van der Waals surface area contributed by atoms with Crippen LogP contribution in [0.4, 0.5) is 10.5 Å². The van der Waals surface area contributed by atoms with E-state index in [1.807, 2.05) is 13.8 Å². The molecule has 0 spiro atoms. The third kappa shape index (κ3) is 7.52. The van der Waals surface area contributed by atoms with Gasteiger partial charge in [0.2, 0.25) is 0 Å². The minimum atomic E-state index is -0.747. The van der Waals surface area contributed by atoms with Crippen molar-refractivity contribution in [2.75, 3.05) is 25.1 Å². The summed E-state index contributed by atoms with van der Waals surface area (Å²) in [7, 11) is 0. The van der Waals surface area contributed by atoms with Gasteiger partial charge in [0.05, 0.1) is 22.8 Å². The van der Waals surface area contributed by atoms with Gasteiger partial charge in [-0.3, -0.25) is 0 Å². The van der Waals surface area contributed by atoms with Crippen LogP contribution in [0.3, 0.4) is 0 Å². The highest BCUT2D eigenvalue weighted by Gasteiger charge is 2.08. The predicted molar refractivity (Wildman–Crippen MR) is 85.1 cm³/mol. The quantitative estimate of drug-likeness (QED) is 0.717. The summed E-state index contributed by atoms with van der Waals surface area (Å²) < 4.78 is 5.28. The van der Waals surface area contributed by atoms with Crippen LogP contribution in [0.25, 0.3) is 0 Å². The van der Waals surface area contributed by atoms with Crippen LogP contribution in [0.1, 0.15) is 13.8 Å². The van der Waals surface area contributed by atoms with Gasteiger partial charge in [0.15, 0.2) is 0 Å².